The molecule has 0 radical (unpaired) electrons. The molecule has 1 aliphatic carbocycles. The molecule has 1 saturated carbocycles. The summed E-state index contributed by atoms with van der Waals surface area (Å²) < 4.78 is 0. The second kappa shape index (κ2) is 5.19. The first-order valence-electron chi connectivity index (χ1n) is 7.30. The molecule has 2 unspecified atom stereocenters. The highest BCUT2D eigenvalue weighted by Crippen LogP contribution is 2.30. The summed E-state index contributed by atoms with van der Waals surface area (Å²) >= 11 is 0. The molecular formula is C16H21N3O. The molecule has 1 aliphatic rings. The van der Waals surface area contributed by atoms with Crippen LogP contribution in [-0.2, 0) is 0 Å². The van der Waals surface area contributed by atoms with Crippen LogP contribution in [0.25, 0.3) is 10.9 Å². The van der Waals surface area contributed by atoms with E-state index < -0.39 is 0 Å². The molecule has 4 N–H and O–H groups in total. The second-order valence-corrected chi connectivity index (χ2v) is 5.91. The number of hydrogen-bond donors (Lipinski definition) is 3. The number of aromatic amines is 1. The summed E-state index contributed by atoms with van der Waals surface area (Å²) in [6, 6.07) is 7.47. The van der Waals surface area contributed by atoms with Crippen molar-refractivity contribution in [2.75, 3.05) is 12.3 Å². The Labute approximate surface area is 118 Å². The van der Waals surface area contributed by atoms with Crippen LogP contribution in [0.1, 0.15) is 36.7 Å². The van der Waals surface area contributed by atoms with Crippen molar-refractivity contribution in [3.8, 4) is 0 Å². The lowest BCUT2D eigenvalue weighted by Gasteiger charge is -2.15. The predicted molar refractivity (Wildman–Crippen MR) is 81.5 cm³/mol. The topological polar surface area (TPSA) is 70.9 Å². The van der Waals surface area contributed by atoms with E-state index in [2.05, 4.69) is 17.2 Å². The number of fused-ring (bicyclic) bond motifs is 1. The lowest BCUT2D eigenvalue weighted by Crippen LogP contribution is -2.30. The van der Waals surface area contributed by atoms with Gasteiger partial charge in [0.1, 0.15) is 5.69 Å². The summed E-state index contributed by atoms with van der Waals surface area (Å²) in [7, 11) is 0. The van der Waals surface area contributed by atoms with Crippen LogP contribution < -0.4 is 11.1 Å². The molecule has 2 atom stereocenters. The number of nitrogens with one attached hydrogen (secondary N) is 2. The summed E-state index contributed by atoms with van der Waals surface area (Å²) in [5.74, 6) is 1.32. The van der Waals surface area contributed by atoms with E-state index in [4.69, 9.17) is 5.73 Å². The minimum absolute atomic E-state index is 0.0288. The van der Waals surface area contributed by atoms with Crippen molar-refractivity contribution in [2.24, 2.45) is 11.8 Å². The summed E-state index contributed by atoms with van der Waals surface area (Å²) in [5.41, 5.74) is 8.01. The van der Waals surface area contributed by atoms with Gasteiger partial charge in [0, 0.05) is 23.1 Å². The molecule has 20 heavy (non-hydrogen) atoms. The molecule has 4 nitrogen and oxygen atoms in total. The maximum atomic E-state index is 12.2. The summed E-state index contributed by atoms with van der Waals surface area (Å²) in [6.45, 7) is 3.05. The molecule has 0 spiro atoms. The molecule has 4 heteroatoms. The third-order valence-electron chi connectivity index (χ3n) is 4.45. The fraction of sp³-hybridized carbons (Fsp3) is 0.438. The zero-order valence-corrected chi connectivity index (χ0v) is 11.8. The van der Waals surface area contributed by atoms with Crippen LogP contribution in [-0.4, -0.2) is 17.4 Å². The van der Waals surface area contributed by atoms with E-state index in [1.165, 1.54) is 19.3 Å². The first-order chi connectivity index (χ1) is 9.63. The van der Waals surface area contributed by atoms with E-state index in [1.807, 2.05) is 24.3 Å². The van der Waals surface area contributed by atoms with Crippen LogP contribution in [0, 0.1) is 11.8 Å². The SMILES string of the molecule is CC1CCCC1CNC(=O)c1cc2cc(N)ccc2[nH]1. The molecule has 0 bridgehead atoms. The van der Waals surface area contributed by atoms with E-state index >= 15 is 0 Å². The third kappa shape index (κ3) is 2.50. The number of H-pyrrole nitrogens is 1. The Balaban J connectivity index is 1.69. The Morgan fingerprint density at radius 3 is 3.00 bits per heavy atom. The van der Waals surface area contributed by atoms with Gasteiger partial charge in [-0.25, -0.2) is 0 Å². The molecule has 1 aromatic carbocycles. The molecule has 0 saturated heterocycles. The van der Waals surface area contributed by atoms with Crippen LogP contribution in [0.15, 0.2) is 24.3 Å². The van der Waals surface area contributed by atoms with Gasteiger partial charge in [-0.1, -0.05) is 19.8 Å². The van der Waals surface area contributed by atoms with Gasteiger partial charge in [-0.2, -0.15) is 0 Å². The normalized spacial score (nSPS) is 22.2. The van der Waals surface area contributed by atoms with E-state index in [0.717, 1.165) is 23.4 Å². The zero-order chi connectivity index (χ0) is 14.1. The number of carbonyl (C=O) groups excluding carboxylic acids is 1. The number of benzene rings is 1. The average Bonchev–Trinajstić information content (AvgIpc) is 3.01. The van der Waals surface area contributed by atoms with E-state index in [0.29, 0.717) is 17.3 Å². The Kier molecular flexibility index (Phi) is 3.38. The number of rotatable bonds is 3. The Morgan fingerprint density at radius 2 is 2.25 bits per heavy atom. The molecule has 1 heterocycles. The van der Waals surface area contributed by atoms with Crippen molar-refractivity contribution in [2.45, 2.75) is 26.2 Å². The number of amides is 1. The number of nitrogen functional groups attached to an aromatic ring is 1. The van der Waals surface area contributed by atoms with Gasteiger partial charge in [-0.15, -0.1) is 0 Å². The molecule has 0 aliphatic heterocycles. The summed E-state index contributed by atoms with van der Waals surface area (Å²) in [4.78, 5) is 15.3. The van der Waals surface area contributed by atoms with Gasteiger partial charge in [-0.3, -0.25) is 4.79 Å². The van der Waals surface area contributed by atoms with Gasteiger partial charge in [0.25, 0.3) is 5.91 Å². The number of carbonyl (C=O) groups is 1. The Morgan fingerprint density at radius 1 is 1.40 bits per heavy atom. The average molecular weight is 271 g/mol. The van der Waals surface area contributed by atoms with Gasteiger partial charge in [0.15, 0.2) is 0 Å². The van der Waals surface area contributed by atoms with Crippen LogP contribution in [0.2, 0.25) is 0 Å². The van der Waals surface area contributed by atoms with Crippen LogP contribution in [0.3, 0.4) is 0 Å². The molecule has 1 amide bonds. The van der Waals surface area contributed by atoms with Crippen molar-refractivity contribution >= 4 is 22.5 Å². The smallest absolute Gasteiger partial charge is 0.267 e. The number of hydrogen-bond acceptors (Lipinski definition) is 2. The molecule has 1 aromatic heterocycles. The van der Waals surface area contributed by atoms with Crippen molar-refractivity contribution in [1.29, 1.82) is 0 Å². The Bertz CT molecular complexity index is 632. The maximum absolute atomic E-state index is 12.2. The monoisotopic (exact) mass is 271 g/mol. The van der Waals surface area contributed by atoms with Crippen molar-refractivity contribution in [3.05, 3.63) is 30.0 Å². The minimum atomic E-state index is -0.0288. The minimum Gasteiger partial charge on any atom is -0.399 e. The van der Waals surface area contributed by atoms with Crippen LogP contribution in [0.5, 0.6) is 0 Å². The molecule has 1 fully saturated rings. The van der Waals surface area contributed by atoms with Crippen molar-refractivity contribution < 1.29 is 4.79 Å². The first kappa shape index (κ1) is 13.0. The zero-order valence-electron chi connectivity index (χ0n) is 11.8. The predicted octanol–water partition coefficient (Wildman–Crippen LogP) is 2.92. The van der Waals surface area contributed by atoms with Crippen molar-refractivity contribution in [3.63, 3.8) is 0 Å². The highest BCUT2D eigenvalue weighted by atomic mass is 16.1. The molecule has 106 valence electrons. The fourth-order valence-corrected chi connectivity index (χ4v) is 3.12. The van der Waals surface area contributed by atoms with Gasteiger partial charge < -0.3 is 16.0 Å². The lowest BCUT2D eigenvalue weighted by atomic mass is 9.98. The number of aromatic nitrogens is 1. The second-order valence-electron chi connectivity index (χ2n) is 5.91. The fourth-order valence-electron chi connectivity index (χ4n) is 3.12. The lowest BCUT2D eigenvalue weighted by molar-refractivity contribution is 0.0940. The molecule has 2 aromatic rings. The van der Waals surface area contributed by atoms with Gasteiger partial charge in [-0.05, 0) is 42.5 Å². The summed E-state index contributed by atoms with van der Waals surface area (Å²) in [6.07, 6.45) is 3.80. The molecule has 3 rings (SSSR count). The summed E-state index contributed by atoms with van der Waals surface area (Å²) in [5, 5.41) is 4.02. The maximum Gasteiger partial charge on any atom is 0.267 e. The number of anilines is 1. The van der Waals surface area contributed by atoms with Gasteiger partial charge >= 0.3 is 0 Å². The van der Waals surface area contributed by atoms with E-state index in [-0.39, 0.29) is 5.91 Å². The quantitative estimate of drug-likeness (QED) is 0.751. The van der Waals surface area contributed by atoms with Gasteiger partial charge in [0.05, 0.1) is 0 Å². The Hall–Kier alpha value is -1.97. The third-order valence-corrected chi connectivity index (χ3v) is 4.45. The van der Waals surface area contributed by atoms with Crippen LogP contribution >= 0.6 is 0 Å². The van der Waals surface area contributed by atoms with Gasteiger partial charge in [0.2, 0.25) is 0 Å². The standard InChI is InChI=1S/C16H21N3O/c1-10-3-2-4-11(10)9-18-16(20)15-8-12-7-13(17)5-6-14(12)19-15/h5-8,10-11,19H,2-4,9,17H2,1H3,(H,18,20). The largest absolute Gasteiger partial charge is 0.399 e. The van der Waals surface area contributed by atoms with Crippen molar-refractivity contribution in [1.82, 2.24) is 10.3 Å². The molecular weight excluding hydrogens is 250 g/mol. The van der Waals surface area contributed by atoms with E-state index in [1.54, 1.807) is 0 Å². The van der Waals surface area contributed by atoms with E-state index in [9.17, 15) is 4.79 Å². The van der Waals surface area contributed by atoms with Crippen LogP contribution in [0.4, 0.5) is 5.69 Å². The first-order valence-corrected chi connectivity index (χ1v) is 7.30. The number of nitrogens with two attached hydrogens (primary N) is 1. The highest BCUT2D eigenvalue weighted by Gasteiger charge is 2.23. The highest BCUT2D eigenvalue weighted by molar-refractivity contribution is 5.98.